The molecule has 0 amide bonds. The molecule has 0 aromatic carbocycles. The van der Waals surface area contributed by atoms with Crippen LogP contribution in [-0.2, 0) is 13.1 Å². The number of imidazole rings is 1. The maximum absolute atomic E-state index is 4.21. The van der Waals surface area contributed by atoms with Gasteiger partial charge in [0, 0.05) is 30.6 Å². The van der Waals surface area contributed by atoms with Crippen molar-refractivity contribution in [3.63, 3.8) is 0 Å². The minimum Gasteiger partial charge on any atom is -0.333 e. The fraction of sp³-hybridized carbons (Fsp3) is 0.750. The summed E-state index contributed by atoms with van der Waals surface area (Å²) >= 11 is 2.00. The highest BCUT2D eigenvalue weighted by molar-refractivity contribution is 8.00. The summed E-state index contributed by atoms with van der Waals surface area (Å²) < 4.78 is 2.79. The van der Waals surface area contributed by atoms with Gasteiger partial charge < -0.3 is 9.88 Å². The summed E-state index contributed by atoms with van der Waals surface area (Å²) in [6.45, 7) is 5.35. The largest absolute Gasteiger partial charge is 0.333 e. The Bertz CT molecular complexity index is 331. The van der Waals surface area contributed by atoms with Crippen molar-refractivity contribution in [3.05, 3.63) is 18.2 Å². The van der Waals surface area contributed by atoms with Crippen LogP contribution in [0.2, 0.25) is 0 Å². The third-order valence-corrected chi connectivity index (χ3v) is 4.68. The van der Waals surface area contributed by atoms with Crippen molar-refractivity contribution < 1.29 is 0 Å². The van der Waals surface area contributed by atoms with Crippen molar-refractivity contribution in [2.45, 2.75) is 44.0 Å². The SMILES string of the molecule is CCCn1cncc1CNCC1(SC)CC1. The molecule has 1 aliphatic rings. The van der Waals surface area contributed by atoms with E-state index < -0.39 is 0 Å². The van der Waals surface area contributed by atoms with E-state index in [0.29, 0.717) is 4.75 Å². The molecule has 0 spiro atoms. The molecule has 90 valence electrons. The van der Waals surface area contributed by atoms with Gasteiger partial charge >= 0.3 is 0 Å². The van der Waals surface area contributed by atoms with Crippen molar-refractivity contribution >= 4 is 11.8 Å². The monoisotopic (exact) mass is 239 g/mol. The van der Waals surface area contributed by atoms with Crippen LogP contribution in [0.1, 0.15) is 31.9 Å². The van der Waals surface area contributed by atoms with Crippen molar-refractivity contribution in [2.75, 3.05) is 12.8 Å². The number of rotatable bonds is 7. The second-order valence-electron chi connectivity index (χ2n) is 4.57. The average Bonchev–Trinajstić information content (AvgIpc) is 2.95. The Hall–Kier alpha value is -0.480. The fourth-order valence-electron chi connectivity index (χ4n) is 1.95. The van der Waals surface area contributed by atoms with Crippen LogP contribution in [0, 0.1) is 0 Å². The lowest BCUT2D eigenvalue weighted by Gasteiger charge is -2.13. The Morgan fingerprint density at radius 1 is 1.56 bits per heavy atom. The lowest BCUT2D eigenvalue weighted by molar-refractivity contribution is 0.594. The van der Waals surface area contributed by atoms with E-state index in [1.54, 1.807) is 0 Å². The summed E-state index contributed by atoms with van der Waals surface area (Å²) in [5.74, 6) is 0. The number of nitrogens with one attached hydrogen (secondary N) is 1. The molecule has 2 rings (SSSR count). The third-order valence-electron chi connectivity index (χ3n) is 3.26. The molecule has 1 aromatic heterocycles. The second kappa shape index (κ2) is 5.23. The Morgan fingerprint density at radius 2 is 2.38 bits per heavy atom. The molecule has 1 N–H and O–H groups in total. The van der Waals surface area contributed by atoms with Crippen LogP contribution in [0.5, 0.6) is 0 Å². The van der Waals surface area contributed by atoms with Crippen molar-refractivity contribution in [1.29, 1.82) is 0 Å². The molecule has 1 aromatic rings. The molecule has 0 radical (unpaired) electrons. The lowest BCUT2D eigenvalue weighted by Crippen LogP contribution is -2.26. The maximum atomic E-state index is 4.21. The fourth-order valence-corrected chi connectivity index (χ4v) is 2.71. The number of aromatic nitrogens is 2. The van der Waals surface area contributed by atoms with Gasteiger partial charge in [0.2, 0.25) is 0 Å². The van der Waals surface area contributed by atoms with Gasteiger partial charge in [-0.2, -0.15) is 11.8 Å². The van der Waals surface area contributed by atoms with Gasteiger partial charge in [0.05, 0.1) is 12.0 Å². The molecule has 0 unspecified atom stereocenters. The van der Waals surface area contributed by atoms with E-state index in [-0.39, 0.29) is 0 Å². The van der Waals surface area contributed by atoms with E-state index >= 15 is 0 Å². The predicted molar refractivity (Wildman–Crippen MR) is 69.7 cm³/mol. The van der Waals surface area contributed by atoms with Crippen LogP contribution in [0.15, 0.2) is 12.5 Å². The van der Waals surface area contributed by atoms with Gasteiger partial charge in [-0.15, -0.1) is 0 Å². The molecule has 16 heavy (non-hydrogen) atoms. The highest BCUT2D eigenvalue weighted by Gasteiger charge is 2.41. The molecule has 3 nitrogen and oxygen atoms in total. The normalized spacial score (nSPS) is 17.6. The van der Waals surface area contributed by atoms with E-state index in [0.717, 1.165) is 26.1 Å². The van der Waals surface area contributed by atoms with Gasteiger partial charge in [-0.25, -0.2) is 4.98 Å². The van der Waals surface area contributed by atoms with Crippen LogP contribution in [-0.4, -0.2) is 27.1 Å². The highest BCUT2D eigenvalue weighted by Crippen LogP contribution is 2.46. The summed E-state index contributed by atoms with van der Waals surface area (Å²) in [5.41, 5.74) is 1.30. The van der Waals surface area contributed by atoms with E-state index in [9.17, 15) is 0 Å². The molecule has 0 bridgehead atoms. The number of hydrogen-bond donors (Lipinski definition) is 1. The van der Waals surface area contributed by atoms with E-state index in [1.165, 1.54) is 18.5 Å². The third kappa shape index (κ3) is 2.80. The van der Waals surface area contributed by atoms with Gasteiger partial charge in [0.25, 0.3) is 0 Å². The van der Waals surface area contributed by atoms with E-state index in [4.69, 9.17) is 0 Å². The molecule has 1 fully saturated rings. The van der Waals surface area contributed by atoms with Gasteiger partial charge in [-0.05, 0) is 25.5 Å². The van der Waals surface area contributed by atoms with Crippen LogP contribution >= 0.6 is 11.8 Å². The molecule has 1 heterocycles. The Morgan fingerprint density at radius 3 is 3.00 bits per heavy atom. The topological polar surface area (TPSA) is 29.9 Å². The first-order valence-electron chi connectivity index (χ1n) is 6.04. The van der Waals surface area contributed by atoms with Crippen LogP contribution < -0.4 is 5.32 Å². The van der Waals surface area contributed by atoms with E-state index in [2.05, 4.69) is 28.0 Å². The molecular formula is C12H21N3S. The molecule has 0 aliphatic heterocycles. The highest BCUT2D eigenvalue weighted by atomic mass is 32.2. The predicted octanol–water partition coefficient (Wildman–Crippen LogP) is 2.28. The second-order valence-corrected chi connectivity index (χ2v) is 5.84. The maximum Gasteiger partial charge on any atom is 0.0948 e. The zero-order valence-electron chi connectivity index (χ0n) is 10.2. The molecule has 1 aliphatic carbocycles. The van der Waals surface area contributed by atoms with Crippen molar-refractivity contribution in [3.8, 4) is 0 Å². The Kier molecular flexibility index (Phi) is 3.92. The summed E-state index contributed by atoms with van der Waals surface area (Å²) in [6, 6.07) is 0. The minimum absolute atomic E-state index is 0.551. The number of hydrogen-bond acceptors (Lipinski definition) is 3. The molecular weight excluding hydrogens is 218 g/mol. The zero-order chi connectivity index (χ0) is 11.4. The smallest absolute Gasteiger partial charge is 0.0948 e. The van der Waals surface area contributed by atoms with Crippen LogP contribution in [0.25, 0.3) is 0 Å². The first-order valence-corrected chi connectivity index (χ1v) is 7.27. The summed E-state index contributed by atoms with van der Waals surface area (Å²) in [4.78, 5) is 4.21. The number of aryl methyl sites for hydroxylation is 1. The van der Waals surface area contributed by atoms with Crippen LogP contribution in [0.3, 0.4) is 0 Å². The minimum atomic E-state index is 0.551. The molecule has 0 saturated heterocycles. The molecule has 1 saturated carbocycles. The van der Waals surface area contributed by atoms with Gasteiger partial charge in [0.1, 0.15) is 0 Å². The van der Waals surface area contributed by atoms with E-state index in [1.807, 2.05) is 24.3 Å². The number of thioether (sulfide) groups is 1. The van der Waals surface area contributed by atoms with Gasteiger partial charge in [-0.3, -0.25) is 0 Å². The first kappa shape index (κ1) is 12.0. The first-order chi connectivity index (χ1) is 7.79. The van der Waals surface area contributed by atoms with Gasteiger partial charge in [0.15, 0.2) is 0 Å². The lowest BCUT2D eigenvalue weighted by atomic mass is 10.3. The van der Waals surface area contributed by atoms with Crippen LogP contribution in [0.4, 0.5) is 0 Å². The van der Waals surface area contributed by atoms with Gasteiger partial charge in [-0.1, -0.05) is 6.92 Å². The summed E-state index contributed by atoms with van der Waals surface area (Å²) in [6.07, 6.45) is 10.0. The van der Waals surface area contributed by atoms with Crippen molar-refractivity contribution in [1.82, 2.24) is 14.9 Å². The molecule has 0 atom stereocenters. The zero-order valence-corrected chi connectivity index (χ0v) is 11.0. The van der Waals surface area contributed by atoms with Crippen molar-refractivity contribution in [2.24, 2.45) is 0 Å². The standard InChI is InChI=1S/C12H21N3S/c1-3-6-15-10-14-8-11(15)7-13-9-12(16-2)4-5-12/h8,10,13H,3-7,9H2,1-2H3. The Balaban J connectivity index is 1.78. The molecule has 4 heteroatoms. The summed E-state index contributed by atoms with van der Waals surface area (Å²) in [5, 5.41) is 3.56. The quantitative estimate of drug-likeness (QED) is 0.791. The summed E-state index contributed by atoms with van der Waals surface area (Å²) in [7, 11) is 0. The number of nitrogens with zero attached hydrogens (tertiary/aromatic N) is 2. The average molecular weight is 239 g/mol. The Labute approximate surface area is 102 Å².